The van der Waals surface area contributed by atoms with Crippen LogP contribution >= 0.6 is 22.7 Å². The quantitative estimate of drug-likeness (QED) is 0.796. The second-order valence-electron chi connectivity index (χ2n) is 4.17. The van der Waals surface area contributed by atoms with Gasteiger partial charge in [-0.3, -0.25) is 0 Å². The molecule has 0 saturated heterocycles. The van der Waals surface area contributed by atoms with Gasteiger partial charge < -0.3 is 5.11 Å². The molecule has 0 atom stereocenters. The lowest BCUT2D eigenvalue weighted by molar-refractivity contribution is 0.0697. The van der Waals surface area contributed by atoms with Crippen LogP contribution in [0.3, 0.4) is 0 Å². The van der Waals surface area contributed by atoms with E-state index in [0.717, 1.165) is 27.0 Å². The summed E-state index contributed by atoms with van der Waals surface area (Å²) in [6.45, 7) is 1.96. The molecule has 100 valence electrons. The van der Waals surface area contributed by atoms with E-state index in [2.05, 4.69) is 9.97 Å². The summed E-state index contributed by atoms with van der Waals surface area (Å²) in [6.07, 6.45) is 0. The van der Waals surface area contributed by atoms with E-state index in [1.807, 2.05) is 17.7 Å². The number of thiazole rings is 2. The molecule has 0 bridgehead atoms. The number of carboxylic acid groups (broad SMARTS) is 1. The first-order chi connectivity index (χ1) is 9.63. The first kappa shape index (κ1) is 13.0. The highest BCUT2D eigenvalue weighted by atomic mass is 32.1. The third kappa shape index (κ3) is 2.48. The topological polar surface area (TPSA) is 63.1 Å². The van der Waals surface area contributed by atoms with Gasteiger partial charge in [-0.15, -0.1) is 22.7 Å². The van der Waals surface area contributed by atoms with Crippen molar-refractivity contribution in [2.75, 3.05) is 0 Å². The molecule has 2 heterocycles. The molecule has 20 heavy (non-hydrogen) atoms. The lowest BCUT2D eigenvalue weighted by atomic mass is 10.1. The van der Waals surface area contributed by atoms with Crippen LogP contribution in [0.5, 0.6) is 0 Å². The van der Waals surface area contributed by atoms with Crippen molar-refractivity contribution in [3.63, 3.8) is 0 Å². The molecule has 4 nitrogen and oxygen atoms in total. The minimum absolute atomic E-state index is 0.278. The molecule has 0 amide bonds. The van der Waals surface area contributed by atoms with Gasteiger partial charge in [0.15, 0.2) is 0 Å². The van der Waals surface area contributed by atoms with Crippen molar-refractivity contribution in [1.29, 1.82) is 0 Å². The SMILES string of the molecule is Cc1nc(-c2csc(-c3ccc(C(=O)O)cc3)n2)cs1. The maximum Gasteiger partial charge on any atom is 0.335 e. The third-order valence-corrected chi connectivity index (χ3v) is 4.43. The number of nitrogens with zero attached hydrogens (tertiary/aromatic N) is 2. The van der Waals surface area contributed by atoms with Gasteiger partial charge in [0.2, 0.25) is 0 Å². The fourth-order valence-corrected chi connectivity index (χ4v) is 3.19. The van der Waals surface area contributed by atoms with Crippen LogP contribution in [0.15, 0.2) is 35.0 Å². The van der Waals surface area contributed by atoms with Gasteiger partial charge in [-0.2, -0.15) is 0 Å². The molecule has 0 fully saturated rings. The standard InChI is InChI=1S/C14H10N2O2S2/c1-8-15-11(6-19-8)12-7-20-13(16-12)9-2-4-10(5-3-9)14(17)18/h2-7H,1H3,(H,17,18). The lowest BCUT2D eigenvalue weighted by Crippen LogP contribution is -1.94. The zero-order valence-electron chi connectivity index (χ0n) is 10.5. The minimum Gasteiger partial charge on any atom is -0.478 e. The van der Waals surface area contributed by atoms with Crippen LogP contribution in [0.25, 0.3) is 22.0 Å². The average molecular weight is 302 g/mol. The predicted octanol–water partition coefficient (Wildman–Crippen LogP) is 3.94. The van der Waals surface area contributed by atoms with Crippen molar-refractivity contribution in [1.82, 2.24) is 9.97 Å². The summed E-state index contributed by atoms with van der Waals surface area (Å²) in [6, 6.07) is 6.73. The van der Waals surface area contributed by atoms with Gasteiger partial charge in [0.1, 0.15) is 16.4 Å². The van der Waals surface area contributed by atoms with Crippen molar-refractivity contribution in [2.24, 2.45) is 0 Å². The molecule has 6 heteroatoms. The molecule has 0 unspecified atom stereocenters. The zero-order chi connectivity index (χ0) is 14.1. The maximum atomic E-state index is 10.8. The fraction of sp³-hybridized carbons (Fsp3) is 0.0714. The minimum atomic E-state index is -0.922. The van der Waals surface area contributed by atoms with Gasteiger partial charge in [-0.05, 0) is 19.1 Å². The molecule has 3 rings (SSSR count). The molecule has 0 aliphatic heterocycles. The number of hydrogen-bond acceptors (Lipinski definition) is 5. The summed E-state index contributed by atoms with van der Waals surface area (Å²) in [5.74, 6) is -0.922. The Labute approximate surface area is 123 Å². The van der Waals surface area contributed by atoms with Crippen LogP contribution < -0.4 is 0 Å². The molecule has 3 aromatic rings. The van der Waals surface area contributed by atoms with Gasteiger partial charge in [-0.25, -0.2) is 14.8 Å². The summed E-state index contributed by atoms with van der Waals surface area (Å²) in [4.78, 5) is 19.8. The predicted molar refractivity (Wildman–Crippen MR) is 80.4 cm³/mol. The largest absolute Gasteiger partial charge is 0.478 e. The van der Waals surface area contributed by atoms with Gasteiger partial charge in [-0.1, -0.05) is 12.1 Å². The first-order valence-electron chi connectivity index (χ1n) is 5.85. The Kier molecular flexibility index (Phi) is 3.33. The Morgan fingerprint density at radius 2 is 1.70 bits per heavy atom. The second kappa shape index (κ2) is 5.15. The Morgan fingerprint density at radius 3 is 2.30 bits per heavy atom. The van der Waals surface area contributed by atoms with E-state index in [1.54, 1.807) is 35.6 Å². The first-order valence-corrected chi connectivity index (χ1v) is 7.61. The Hall–Kier alpha value is -2.05. The van der Waals surface area contributed by atoms with Crippen LogP contribution in [-0.2, 0) is 0 Å². The molecule has 1 N–H and O–H groups in total. The van der Waals surface area contributed by atoms with Crippen LogP contribution in [0, 0.1) is 6.92 Å². The summed E-state index contributed by atoms with van der Waals surface area (Å²) in [5.41, 5.74) is 2.94. The fourth-order valence-electron chi connectivity index (χ4n) is 1.76. The van der Waals surface area contributed by atoms with E-state index < -0.39 is 5.97 Å². The third-order valence-electron chi connectivity index (χ3n) is 2.76. The summed E-state index contributed by atoms with van der Waals surface area (Å²) in [7, 11) is 0. The van der Waals surface area contributed by atoms with Crippen molar-refractivity contribution in [3.05, 3.63) is 45.6 Å². The summed E-state index contributed by atoms with van der Waals surface area (Å²) < 4.78 is 0. The van der Waals surface area contributed by atoms with Crippen molar-refractivity contribution in [3.8, 4) is 22.0 Å². The van der Waals surface area contributed by atoms with E-state index in [9.17, 15) is 4.79 Å². The van der Waals surface area contributed by atoms with E-state index in [1.165, 1.54) is 11.3 Å². The number of carboxylic acids is 1. The van der Waals surface area contributed by atoms with Crippen molar-refractivity contribution in [2.45, 2.75) is 6.92 Å². The highest BCUT2D eigenvalue weighted by Gasteiger charge is 2.10. The molecule has 2 aromatic heterocycles. The van der Waals surface area contributed by atoms with Gasteiger partial charge in [0.25, 0.3) is 0 Å². The van der Waals surface area contributed by atoms with Crippen LogP contribution in [0.4, 0.5) is 0 Å². The number of aromatic nitrogens is 2. The lowest BCUT2D eigenvalue weighted by Gasteiger charge is -1.97. The highest BCUT2D eigenvalue weighted by molar-refractivity contribution is 7.13. The number of benzene rings is 1. The van der Waals surface area contributed by atoms with E-state index in [-0.39, 0.29) is 5.56 Å². The van der Waals surface area contributed by atoms with Gasteiger partial charge in [0.05, 0.1) is 10.6 Å². The van der Waals surface area contributed by atoms with Crippen molar-refractivity contribution < 1.29 is 9.90 Å². The van der Waals surface area contributed by atoms with E-state index in [4.69, 9.17) is 5.11 Å². The average Bonchev–Trinajstić information content (AvgIpc) is 3.07. The summed E-state index contributed by atoms with van der Waals surface area (Å²) in [5, 5.41) is 14.7. The Morgan fingerprint density at radius 1 is 1.05 bits per heavy atom. The highest BCUT2D eigenvalue weighted by Crippen LogP contribution is 2.29. The van der Waals surface area contributed by atoms with Gasteiger partial charge in [0, 0.05) is 16.3 Å². The summed E-state index contributed by atoms with van der Waals surface area (Å²) >= 11 is 3.12. The number of aryl methyl sites for hydroxylation is 1. The molecule has 0 aliphatic carbocycles. The van der Waals surface area contributed by atoms with Crippen LogP contribution in [0.1, 0.15) is 15.4 Å². The number of carbonyl (C=O) groups is 1. The Balaban J connectivity index is 1.91. The molecular formula is C14H10N2O2S2. The number of hydrogen-bond donors (Lipinski definition) is 1. The number of aromatic carboxylic acids is 1. The molecule has 0 spiro atoms. The van der Waals surface area contributed by atoms with E-state index in [0.29, 0.717) is 0 Å². The zero-order valence-corrected chi connectivity index (χ0v) is 12.2. The second-order valence-corrected chi connectivity index (χ2v) is 6.09. The molecule has 0 aliphatic rings. The van der Waals surface area contributed by atoms with Crippen molar-refractivity contribution >= 4 is 28.6 Å². The molecule has 0 radical (unpaired) electrons. The van der Waals surface area contributed by atoms with Crippen LogP contribution in [-0.4, -0.2) is 21.0 Å². The number of rotatable bonds is 3. The molecule has 0 saturated carbocycles. The monoisotopic (exact) mass is 302 g/mol. The van der Waals surface area contributed by atoms with Gasteiger partial charge >= 0.3 is 5.97 Å². The van der Waals surface area contributed by atoms with E-state index >= 15 is 0 Å². The maximum absolute atomic E-state index is 10.8. The molecular weight excluding hydrogens is 292 g/mol. The Bertz CT molecular complexity index is 760. The normalized spacial score (nSPS) is 10.7. The van der Waals surface area contributed by atoms with Crippen LogP contribution in [0.2, 0.25) is 0 Å². The molecule has 1 aromatic carbocycles. The smallest absolute Gasteiger partial charge is 0.335 e.